The number of aliphatic hydroxyl groups is 2. The highest BCUT2D eigenvalue weighted by molar-refractivity contribution is 5.98. The third-order valence-corrected chi connectivity index (χ3v) is 9.70. The summed E-state index contributed by atoms with van der Waals surface area (Å²) in [7, 11) is 2.99. The fourth-order valence-electron chi connectivity index (χ4n) is 8.32. The molecular formula is C26H34O9. The first kappa shape index (κ1) is 23.5. The first-order valence-corrected chi connectivity index (χ1v) is 12.2. The smallest absolute Gasteiger partial charge is 0.342 e. The lowest BCUT2D eigenvalue weighted by molar-refractivity contribution is -0.423. The summed E-state index contributed by atoms with van der Waals surface area (Å²) in [5.74, 6) is -1.11. The van der Waals surface area contributed by atoms with Crippen molar-refractivity contribution in [3.8, 4) is 11.5 Å². The molecule has 35 heavy (non-hydrogen) atoms. The minimum absolute atomic E-state index is 0.182. The zero-order valence-corrected chi connectivity index (χ0v) is 21.3. The van der Waals surface area contributed by atoms with Crippen LogP contribution in [0.4, 0.5) is 0 Å². The van der Waals surface area contributed by atoms with Gasteiger partial charge < -0.3 is 38.6 Å². The Hall–Kier alpha value is -1.91. The first-order chi connectivity index (χ1) is 16.3. The predicted molar refractivity (Wildman–Crippen MR) is 121 cm³/mol. The number of methoxy groups -OCH3 is 2. The molecule has 4 heterocycles. The summed E-state index contributed by atoms with van der Waals surface area (Å²) in [5.41, 5.74) is -0.813. The topological polar surface area (TPSA) is 113 Å². The van der Waals surface area contributed by atoms with Crippen molar-refractivity contribution in [2.45, 2.75) is 95.5 Å². The maximum absolute atomic E-state index is 12.6. The fraction of sp³-hybridized carbons (Fsp3) is 0.731. The highest BCUT2D eigenvalue weighted by atomic mass is 16.9. The number of ether oxygens (including phenoxy) is 6. The van der Waals surface area contributed by atoms with E-state index in [0.717, 1.165) is 16.7 Å². The van der Waals surface area contributed by atoms with E-state index in [9.17, 15) is 15.0 Å². The minimum Gasteiger partial charge on any atom is -0.495 e. The number of fused-ring (bicyclic) bond motifs is 5. The molecule has 2 saturated heterocycles. The molecule has 0 radical (unpaired) electrons. The molecule has 7 atom stereocenters. The van der Waals surface area contributed by atoms with E-state index >= 15 is 0 Å². The zero-order valence-electron chi connectivity index (χ0n) is 21.3. The average Bonchev–Trinajstić information content (AvgIpc) is 3.27. The number of carbonyl (C=O) groups excluding carboxylic acids is 1. The molecule has 0 amide bonds. The van der Waals surface area contributed by atoms with Gasteiger partial charge in [0.25, 0.3) is 0 Å². The van der Waals surface area contributed by atoms with E-state index in [0.29, 0.717) is 29.9 Å². The lowest BCUT2D eigenvalue weighted by atomic mass is 9.45. The predicted octanol–water partition coefficient (Wildman–Crippen LogP) is 2.38. The van der Waals surface area contributed by atoms with E-state index in [1.807, 2.05) is 34.6 Å². The molecule has 1 aromatic carbocycles. The van der Waals surface area contributed by atoms with Gasteiger partial charge in [0.05, 0.1) is 13.2 Å². The number of carbonyl (C=O) groups is 1. The van der Waals surface area contributed by atoms with Crippen LogP contribution in [0.5, 0.6) is 11.5 Å². The van der Waals surface area contributed by atoms with Crippen LogP contribution in [0, 0.1) is 18.3 Å². The summed E-state index contributed by atoms with van der Waals surface area (Å²) in [6.45, 7) is 9.91. The highest BCUT2D eigenvalue weighted by Crippen LogP contribution is 2.70. The van der Waals surface area contributed by atoms with Crippen molar-refractivity contribution in [3.05, 3.63) is 22.3 Å². The molecular weight excluding hydrogens is 456 g/mol. The molecule has 1 saturated carbocycles. The van der Waals surface area contributed by atoms with Gasteiger partial charge in [-0.3, -0.25) is 0 Å². The Labute approximate surface area is 204 Å². The Bertz CT molecular complexity index is 1150. The van der Waals surface area contributed by atoms with Crippen LogP contribution in [0.2, 0.25) is 0 Å². The van der Waals surface area contributed by atoms with E-state index in [1.165, 1.54) is 7.11 Å². The van der Waals surface area contributed by atoms with Crippen molar-refractivity contribution in [3.63, 3.8) is 0 Å². The van der Waals surface area contributed by atoms with Gasteiger partial charge in [-0.1, -0.05) is 6.92 Å². The van der Waals surface area contributed by atoms with E-state index < -0.39 is 46.4 Å². The van der Waals surface area contributed by atoms with Crippen molar-refractivity contribution in [1.82, 2.24) is 0 Å². The van der Waals surface area contributed by atoms with Crippen LogP contribution >= 0.6 is 0 Å². The van der Waals surface area contributed by atoms with Crippen LogP contribution in [0.1, 0.15) is 67.6 Å². The van der Waals surface area contributed by atoms with Gasteiger partial charge in [0, 0.05) is 36.0 Å². The Morgan fingerprint density at radius 1 is 1.00 bits per heavy atom. The van der Waals surface area contributed by atoms with Crippen molar-refractivity contribution < 1.29 is 43.4 Å². The summed E-state index contributed by atoms with van der Waals surface area (Å²) in [4.78, 5) is 12.6. The summed E-state index contributed by atoms with van der Waals surface area (Å²) < 4.78 is 36.3. The lowest BCUT2D eigenvalue weighted by Gasteiger charge is -2.66. The molecule has 6 rings (SSSR count). The summed E-state index contributed by atoms with van der Waals surface area (Å²) in [5, 5.41) is 23.0. The van der Waals surface area contributed by atoms with Crippen molar-refractivity contribution >= 4 is 5.97 Å². The number of esters is 1. The number of aliphatic hydroxyl groups excluding tert-OH is 2. The molecule has 9 nitrogen and oxygen atoms in total. The largest absolute Gasteiger partial charge is 0.495 e. The second-order valence-electron chi connectivity index (χ2n) is 11.7. The summed E-state index contributed by atoms with van der Waals surface area (Å²) in [6, 6.07) is 0. The monoisotopic (exact) mass is 490 g/mol. The van der Waals surface area contributed by atoms with Crippen LogP contribution in [-0.4, -0.2) is 65.4 Å². The molecule has 4 aliphatic heterocycles. The molecule has 2 N–H and O–H groups in total. The minimum atomic E-state index is -1.65. The van der Waals surface area contributed by atoms with Gasteiger partial charge in [-0.2, -0.15) is 0 Å². The third-order valence-electron chi connectivity index (χ3n) is 9.70. The number of hydrogen-bond acceptors (Lipinski definition) is 9. The molecule has 0 aromatic heterocycles. The molecule has 1 spiro atoms. The molecule has 5 aliphatic rings. The molecule has 3 fully saturated rings. The standard InChI is InChI=1S/C26H34O9/c1-12-14-11-32-21(29)18(14)20(30-6)13-8-15-23(4)9-17(28)26(31-7)34-22(2,3)25(23,35-26)16(27)10-24(15,5)33-19(12)13/h15-17,27-28H,8-11H2,1-7H3/t15-,16+,17-,23-,24-,25-,26+/m1/s1. The van der Waals surface area contributed by atoms with Crippen LogP contribution < -0.4 is 9.47 Å². The first-order valence-electron chi connectivity index (χ1n) is 12.2. The Balaban J connectivity index is 1.57. The van der Waals surface area contributed by atoms with E-state index in [1.54, 1.807) is 7.11 Å². The van der Waals surface area contributed by atoms with Gasteiger partial charge in [-0.05, 0) is 46.1 Å². The quantitative estimate of drug-likeness (QED) is 0.603. The Morgan fingerprint density at radius 3 is 2.37 bits per heavy atom. The normalized spacial score (nSPS) is 44.5. The number of rotatable bonds is 2. The van der Waals surface area contributed by atoms with E-state index in [4.69, 9.17) is 28.4 Å². The van der Waals surface area contributed by atoms with Crippen molar-refractivity contribution in [1.29, 1.82) is 0 Å². The number of cyclic esters (lactones) is 1. The maximum atomic E-state index is 12.6. The molecule has 1 aromatic rings. The third kappa shape index (κ3) is 2.44. The van der Waals surface area contributed by atoms with Crippen molar-refractivity contribution in [2.24, 2.45) is 11.3 Å². The molecule has 9 heteroatoms. The fourth-order valence-corrected chi connectivity index (χ4v) is 8.32. The number of hydrogen-bond donors (Lipinski definition) is 2. The second-order valence-corrected chi connectivity index (χ2v) is 11.7. The van der Waals surface area contributed by atoms with Crippen LogP contribution in [0.3, 0.4) is 0 Å². The summed E-state index contributed by atoms with van der Waals surface area (Å²) in [6.07, 6.45) is -0.954. The highest BCUT2D eigenvalue weighted by Gasteiger charge is 2.82. The Kier molecular flexibility index (Phi) is 4.49. The van der Waals surface area contributed by atoms with Gasteiger partial charge in [-0.15, -0.1) is 0 Å². The van der Waals surface area contributed by atoms with Gasteiger partial charge in [0.15, 0.2) is 0 Å². The lowest BCUT2D eigenvalue weighted by Crippen LogP contribution is -2.78. The van der Waals surface area contributed by atoms with Crippen LogP contribution in [0.25, 0.3) is 0 Å². The zero-order chi connectivity index (χ0) is 25.3. The molecule has 1 aliphatic carbocycles. The van der Waals surface area contributed by atoms with Gasteiger partial charge in [0.1, 0.15) is 46.6 Å². The average molecular weight is 491 g/mol. The van der Waals surface area contributed by atoms with Crippen molar-refractivity contribution in [2.75, 3.05) is 14.2 Å². The molecule has 2 bridgehead atoms. The maximum Gasteiger partial charge on any atom is 0.342 e. The molecule has 0 unspecified atom stereocenters. The van der Waals surface area contributed by atoms with Crippen LogP contribution in [-0.2, 0) is 32.0 Å². The number of benzene rings is 1. The Morgan fingerprint density at radius 2 is 1.71 bits per heavy atom. The van der Waals surface area contributed by atoms with Gasteiger partial charge >= 0.3 is 11.9 Å². The van der Waals surface area contributed by atoms with Gasteiger partial charge in [-0.25, -0.2) is 4.79 Å². The van der Waals surface area contributed by atoms with E-state index in [2.05, 4.69) is 0 Å². The van der Waals surface area contributed by atoms with Gasteiger partial charge in [0.2, 0.25) is 0 Å². The van der Waals surface area contributed by atoms with E-state index in [-0.39, 0.29) is 18.9 Å². The summed E-state index contributed by atoms with van der Waals surface area (Å²) >= 11 is 0. The van der Waals surface area contributed by atoms with Crippen LogP contribution in [0.15, 0.2) is 0 Å². The molecule has 192 valence electrons. The second kappa shape index (κ2) is 6.69. The SMILES string of the molecule is COc1c2c(c(C)c3c1C(=O)OC3)O[C@]1(C)C[C@H](O)[C@@]34O[C@@](OC)(OC3(C)C)[C@H](O)C[C@]4(C)[C@H]1C2.